The molecule has 3 N–H and O–H groups in total. The fourth-order valence-electron chi connectivity index (χ4n) is 2.24. The summed E-state index contributed by atoms with van der Waals surface area (Å²) >= 11 is 0. The van der Waals surface area contributed by atoms with Crippen molar-refractivity contribution in [3.8, 4) is 0 Å². The van der Waals surface area contributed by atoms with E-state index in [9.17, 15) is 18.0 Å². The molecule has 0 aromatic heterocycles. The Morgan fingerprint density at radius 1 is 0.920 bits per heavy atom. The Balaban J connectivity index is 1.67. The Morgan fingerprint density at radius 3 is 1.84 bits per heavy atom. The number of anilines is 3. The zero-order chi connectivity index (χ0) is 18.0. The van der Waals surface area contributed by atoms with Gasteiger partial charge in [0.15, 0.2) is 0 Å². The van der Waals surface area contributed by atoms with E-state index >= 15 is 0 Å². The summed E-state index contributed by atoms with van der Waals surface area (Å²) in [4.78, 5) is 10.6. The predicted molar refractivity (Wildman–Crippen MR) is 86.8 cm³/mol. The second-order valence-corrected chi connectivity index (χ2v) is 5.16. The van der Waals surface area contributed by atoms with Crippen molar-refractivity contribution in [1.29, 1.82) is 0 Å². The van der Waals surface area contributed by atoms with E-state index in [0.717, 1.165) is 17.8 Å². The summed E-state index contributed by atoms with van der Waals surface area (Å²) in [6, 6.07) is 11.3. The molecule has 2 aromatic carbocycles. The average Bonchev–Trinajstić information content (AvgIpc) is 3.04. The van der Waals surface area contributed by atoms with Gasteiger partial charge in [0.1, 0.15) is 0 Å². The van der Waals surface area contributed by atoms with E-state index in [4.69, 9.17) is 5.11 Å². The van der Waals surface area contributed by atoms with Crippen LogP contribution in [0, 0.1) is 0 Å². The normalized spacial score (nSPS) is 14.0. The van der Waals surface area contributed by atoms with Crippen molar-refractivity contribution in [3.63, 3.8) is 0 Å². The number of nitrogens with one attached hydrogen (secondary N) is 2. The topological polar surface area (TPSA) is 67.8 Å². The molecule has 0 radical (unpaired) electrons. The molecule has 6 nitrogen and oxygen atoms in total. The van der Waals surface area contributed by atoms with E-state index in [1.165, 1.54) is 12.1 Å². The van der Waals surface area contributed by atoms with E-state index in [-0.39, 0.29) is 0 Å². The van der Waals surface area contributed by atoms with Crippen LogP contribution < -0.4 is 20.9 Å². The number of hydrogen-bond donors (Lipinski definition) is 3. The quantitative estimate of drug-likeness (QED) is 0.780. The standard InChI is InChI=1S/C16H13F3N4O2/c17-16(18,19)11-1-5-13(6-2-11)22-9-10-23(21-22)14-7-3-12(4-8-14)20-15(24)25/h1-10,20-21H,(H,24,25). The maximum Gasteiger partial charge on any atom is 0.416 e. The number of rotatable bonds is 3. The van der Waals surface area contributed by atoms with Crippen molar-refractivity contribution < 1.29 is 23.1 Å². The molecule has 1 aliphatic heterocycles. The van der Waals surface area contributed by atoms with Crippen LogP contribution in [-0.4, -0.2) is 11.2 Å². The molecular formula is C16H13F3N4O2. The van der Waals surface area contributed by atoms with Crippen molar-refractivity contribution in [3.05, 3.63) is 66.5 Å². The third-order valence-corrected chi connectivity index (χ3v) is 3.45. The molecule has 0 fully saturated rings. The minimum atomic E-state index is -4.37. The van der Waals surface area contributed by atoms with Gasteiger partial charge in [-0.1, -0.05) is 0 Å². The highest BCUT2D eigenvalue weighted by Crippen LogP contribution is 2.31. The van der Waals surface area contributed by atoms with Gasteiger partial charge in [0.2, 0.25) is 0 Å². The van der Waals surface area contributed by atoms with Crippen molar-refractivity contribution in [1.82, 2.24) is 5.53 Å². The van der Waals surface area contributed by atoms with Crippen LogP contribution in [0.1, 0.15) is 5.56 Å². The van der Waals surface area contributed by atoms with Crippen LogP contribution >= 0.6 is 0 Å². The Hall–Kier alpha value is -3.20. The van der Waals surface area contributed by atoms with Crippen LogP contribution in [0.3, 0.4) is 0 Å². The second kappa shape index (κ2) is 6.36. The minimum absolute atomic E-state index is 0.430. The van der Waals surface area contributed by atoms with Crippen LogP contribution in [0.5, 0.6) is 0 Å². The smallest absolute Gasteiger partial charge is 0.416 e. The number of halogens is 3. The first kappa shape index (κ1) is 16.7. The van der Waals surface area contributed by atoms with Gasteiger partial charge in [-0.15, -0.1) is 5.53 Å². The van der Waals surface area contributed by atoms with Gasteiger partial charge in [-0.3, -0.25) is 15.3 Å². The Bertz CT molecular complexity index is 789. The number of benzene rings is 2. The molecule has 1 aliphatic rings. The third kappa shape index (κ3) is 3.83. The first-order chi connectivity index (χ1) is 11.8. The Morgan fingerprint density at radius 2 is 1.40 bits per heavy atom. The summed E-state index contributed by atoms with van der Waals surface area (Å²) in [6.07, 6.45) is -2.17. The molecule has 0 saturated heterocycles. The monoisotopic (exact) mass is 350 g/mol. The van der Waals surface area contributed by atoms with Crippen molar-refractivity contribution in [2.24, 2.45) is 0 Å². The second-order valence-electron chi connectivity index (χ2n) is 5.16. The van der Waals surface area contributed by atoms with Gasteiger partial charge in [0.05, 0.1) is 16.9 Å². The summed E-state index contributed by atoms with van der Waals surface area (Å²) in [5, 5.41) is 14.1. The zero-order valence-corrected chi connectivity index (χ0v) is 12.7. The highest BCUT2D eigenvalue weighted by molar-refractivity contribution is 5.83. The van der Waals surface area contributed by atoms with Crippen LogP contribution in [0.15, 0.2) is 60.9 Å². The number of amides is 1. The summed E-state index contributed by atoms with van der Waals surface area (Å²) < 4.78 is 37.8. The molecule has 0 aliphatic carbocycles. The van der Waals surface area contributed by atoms with Crippen LogP contribution in [-0.2, 0) is 6.18 Å². The molecule has 0 unspecified atom stereocenters. The Kier molecular flexibility index (Phi) is 4.24. The third-order valence-electron chi connectivity index (χ3n) is 3.45. The number of hydrazine groups is 2. The number of carbonyl (C=O) groups is 1. The van der Waals surface area contributed by atoms with E-state index < -0.39 is 17.8 Å². The van der Waals surface area contributed by atoms with Gasteiger partial charge >= 0.3 is 12.3 Å². The molecular weight excluding hydrogens is 337 g/mol. The molecule has 1 heterocycles. The molecule has 9 heteroatoms. The molecule has 2 aromatic rings. The summed E-state index contributed by atoms with van der Waals surface area (Å²) in [6.45, 7) is 0. The summed E-state index contributed by atoms with van der Waals surface area (Å²) in [5.74, 6) is 0. The van der Waals surface area contributed by atoms with Crippen molar-refractivity contribution in [2.75, 3.05) is 15.3 Å². The lowest BCUT2D eigenvalue weighted by Crippen LogP contribution is -2.39. The fraction of sp³-hybridized carbons (Fsp3) is 0.0625. The molecule has 130 valence electrons. The average molecular weight is 350 g/mol. The van der Waals surface area contributed by atoms with Crippen molar-refractivity contribution in [2.45, 2.75) is 6.18 Å². The maximum absolute atomic E-state index is 12.6. The van der Waals surface area contributed by atoms with Crippen molar-refractivity contribution >= 4 is 23.2 Å². The SMILES string of the molecule is O=C(O)Nc1ccc(N2C=CN(c3ccc(C(F)(F)F)cc3)N2)cc1. The van der Waals surface area contributed by atoms with Gasteiger partial charge in [0.25, 0.3) is 0 Å². The molecule has 3 rings (SSSR count). The highest BCUT2D eigenvalue weighted by Gasteiger charge is 2.30. The van der Waals surface area contributed by atoms with E-state index in [1.54, 1.807) is 46.7 Å². The van der Waals surface area contributed by atoms with Crippen LogP contribution in [0.25, 0.3) is 0 Å². The molecule has 25 heavy (non-hydrogen) atoms. The highest BCUT2D eigenvalue weighted by atomic mass is 19.4. The number of hydrogen-bond acceptors (Lipinski definition) is 4. The van der Waals surface area contributed by atoms with Gasteiger partial charge < -0.3 is 5.11 Å². The first-order valence-electron chi connectivity index (χ1n) is 7.13. The molecule has 0 saturated carbocycles. The first-order valence-corrected chi connectivity index (χ1v) is 7.13. The van der Waals surface area contributed by atoms with Gasteiger partial charge in [-0.2, -0.15) is 13.2 Å². The van der Waals surface area contributed by atoms with E-state index in [1.807, 2.05) is 0 Å². The zero-order valence-electron chi connectivity index (χ0n) is 12.7. The van der Waals surface area contributed by atoms with Gasteiger partial charge in [0, 0.05) is 18.1 Å². The lowest BCUT2D eigenvalue weighted by atomic mass is 10.2. The number of nitrogens with zero attached hydrogens (tertiary/aromatic N) is 2. The fourth-order valence-corrected chi connectivity index (χ4v) is 2.24. The van der Waals surface area contributed by atoms with Gasteiger partial charge in [-0.05, 0) is 48.5 Å². The largest absolute Gasteiger partial charge is 0.465 e. The van der Waals surface area contributed by atoms with Crippen LogP contribution in [0.2, 0.25) is 0 Å². The number of alkyl halides is 3. The minimum Gasteiger partial charge on any atom is -0.465 e. The molecule has 0 bridgehead atoms. The molecule has 0 atom stereocenters. The summed E-state index contributed by atoms with van der Waals surface area (Å²) in [5.41, 5.74) is 3.96. The predicted octanol–water partition coefficient (Wildman–Crippen LogP) is 4.01. The number of carboxylic acid groups (broad SMARTS) is 1. The lowest BCUT2D eigenvalue weighted by molar-refractivity contribution is -0.137. The Labute approximate surface area is 140 Å². The van der Waals surface area contributed by atoms with Crippen LogP contribution in [0.4, 0.5) is 35.0 Å². The molecule has 1 amide bonds. The van der Waals surface area contributed by atoms with E-state index in [0.29, 0.717) is 11.4 Å². The lowest BCUT2D eigenvalue weighted by Gasteiger charge is -2.23. The summed E-state index contributed by atoms with van der Waals surface area (Å²) in [7, 11) is 0. The molecule has 0 spiro atoms. The van der Waals surface area contributed by atoms with Gasteiger partial charge in [-0.25, -0.2) is 4.79 Å². The van der Waals surface area contributed by atoms with E-state index in [2.05, 4.69) is 10.9 Å². The maximum atomic E-state index is 12.6.